The lowest BCUT2D eigenvalue weighted by atomic mass is 10.1. The van der Waals surface area contributed by atoms with Crippen LogP contribution in [0.1, 0.15) is 36.2 Å². The van der Waals surface area contributed by atoms with E-state index in [1.807, 2.05) is 17.5 Å². The van der Waals surface area contributed by atoms with Crippen LogP contribution in [0.15, 0.2) is 17.5 Å². The van der Waals surface area contributed by atoms with E-state index in [0.717, 1.165) is 11.4 Å². The molecule has 1 saturated carbocycles. The molecule has 0 spiro atoms. The summed E-state index contributed by atoms with van der Waals surface area (Å²) in [6.07, 6.45) is 4.93. The lowest BCUT2D eigenvalue weighted by Crippen LogP contribution is -2.10. The molecule has 0 amide bonds. The molecule has 0 aromatic carbocycles. The molecule has 0 atom stereocenters. The molecule has 5 nitrogen and oxygen atoms in total. The lowest BCUT2D eigenvalue weighted by molar-refractivity contribution is 0.0691. The van der Waals surface area contributed by atoms with Gasteiger partial charge in [-0.2, -0.15) is 0 Å². The van der Waals surface area contributed by atoms with Crippen molar-refractivity contribution in [2.24, 2.45) is 5.92 Å². The third kappa shape index (κ3) is 2.40. The van der Waals surface area contributed by atoms with Gasteiger partial charge in [0.15, 0.2) is 5.69 Å². The average molecular weight is 277 g/mol. The van der Waals surface area contributed by atoms with Gasteiger partial charge in [0, 0.05) is 6.54 Å². The minimum Gasteiger partial charge on any atom is -0.476 e. The van der Waals surface area contributed by atoms with E-state index in [2.05, 4.69) is 10.3 Å². The highest BCUT2D eigenvalue weighted by molar-refractivity contribution is 7.13. The van der Waals surface area contributed by atoms with Gasteiger partial charge in [0.25, 0.3) is 0 Å². The van der Waals surface area contributed by atoms with Crippen molar-refractivity contribution in [2.75, 3.05) is 0 Å². The van der Waals surface area contributed by atoms with Crippen LogP contribution in [0, 0.1) is 5.92 Å². The van der Waals surface area contributed by atoms with Gasteiger partial charge in [-0.1, -0.05) is 24.1 Å². The summed E-state index contributed by atoms with van der Waals surface area (Å²) in [5, 5.41) is 19.0. The number of carbonyl (C=O) groups is 1. The number of carboxylic acids is 1. The fraction of sp³-hybridized carbons (Fsp3) is 0.462. The van der Waals surface area contributed by atoms with Crippen molar-refractivity contribution in [2.45, 2.75) is 32.2 Å². The van der Waals surface area contributed by atoms with E-state index in [4.69, 9.17) is 0 Å². The maximum atomic E-state index is 11.3. The Morgan fingerprint density at radius 2 is 2.26 bits per heavy atom. The lowest BCUT2D eigenvalue weighted by Gasteiger charge is -2.10. The first-order chi connectivity index (χ1) is 9.25. The molecule has 0 radical (unpaired) electrons. The molecule has 1 aliphatic carbocycles. The van der Waals surface area contributed by atoms with Crippen molar-refractivity contribution in [3.8, 4) is 10.6 Å². The van der Waals surface area contributed by atoms with Crippen molar-refractivity contribution >= 4 is 17.3 Å². The van der Waals surface area contributed by atoms with Gasteiger partial charge in [0.05, 0.1) is 4.88 Å². The molecule has 1 N–H and O–H groups in total. The maximum absolute atomic E-state index is 11.3. The highest BCUT2D eigenvalue weighted by atomic mass is 32.1. The van der Waals surface area contributed by atoms with Gasteiger partial charge in [0.2, 0.25) is 0 Å². The summed E-state index contributed by atoms with van der Waals surface area (Å²) < 4.78 is 1.77. The topological polar surface area (TPSA) is 68.0 Å². The van der Waals surface area contributed by atoms with Crippen molar-refractivity contribution in [1.29, 1.82) is 0 Å². The molecular weight excluding hydrogens is 262 g/mol. The van der Waals surface area contributed by atoms with Crippen molar-refractivity contribution in [1.82, 2.24) is 15.0 Å². The first-order valence-corrected chi connectivity index (χ1v) is 7.34. The third-order valence-electron chi connectivity index (χ3n) is 3.60. The second kappa shape index (κ2) is 5.13. The van der Waals surface area contributed by atoms with Crippen molar-refractivity contribution in [3.05, 3.63) is 23.2 Å². The molecule has 19 heavy (non-hydrogen) atoms. The number of hydrogen-bond donors (Lipinski definition) is 1. The summed E-state index contributed by atoms with van der Waals surface area (Å²) >= 11 is 1.52. The van der Waals surface area contributed by atoms with Gasteiger partial charge in [-0.05, 0) is 30.2 Å². The quantitative estimate of drug-likeness (QED) is 0.933. The molecule has 3 rings (SSSR count). The van der Waals surface area contributed by atoms with Crippen LogP contribution in [0.25, 0.3) is 10.6 Å². The molecule has 100 valence electrons. The summed E-state index contributed by atoms with van der Waals surface area (Å²) in [5.41, 5.74) is 0.704. The number of rotatable bonds is 4. The average Bonchev–Trinajstić information content (AvgIpc) is 3.09. The number of thiophene rings is 1. The van der Waals surface area contributed by atoms with Crippen LogP contribution in [0.5, 0.6) is 0 Å². The van der Waals surface area contributed by atoms with E-state index < -0.39 is 5.97 Å². The van der Waals surface area contributed by atoms with Crippen LogP contribution in [-0.2, 0) is 6.54 Å². The van der Waals surface area contributed by atoms with Crippen LogP contribution in [0.4, 0.5) is 0 Å². The van der Waals surface area contributed by atoms with Crippen molar-refractivity contribution < 1.29 is 9.90 Å². The van der Waals surface area contributed by atoms with Crippen LogP contribution >= 0.6 is 11.3 Å². The zero-order valence-electron chi connectivity index (χ0n) is 10.5. The molecule has 0 unspecified atom stereocenters. The summed E-state index contributed by atoms with van der Waals surface area (Å²) in [6, 6.07) is 3.83. The number of hydrogen-bond acceptors (Lipinski definition) is 4. The smallest absolute Gasteiger partial charge is 0.358 e. The van der Waals surface area contributed by atoms with Crippen molar-refractivity contribution in [3.63, 3.8) is 0 Å². The monoisotopic (exact) mass is 277 g/mol. The van der Waals surface area contributed by atoms with Gasteiger partial charge >= 0.3 is 5.97 Å². The van der Waals surface area contributed by atoms with Crippen LogP contribution in [0.2, 0.25) is 0 Å². The summed E-state index contributed by atoms with van der Waals surface area (Å²) in [6.45, 7) is 0.771. The normalized spacial score (nSPS) is 16.0. The summed E-state index contributed by atoms with van der Waals surface area (Å²) in [5.74, 6) is -0.414. The Morgan fingerprint density at radius 3 is 2.89 bits per heavy atom. The molecule has 6 heteroatoms. The Hall–Kier alpha value is -1.69. The Labute approximate surface area is 114 Å². The minimum absolute atomic E-state index is 0.0560. The molecule has 0 aliphatic heterocycles. The van der Waals surface area contributed by atoms with Gasteiger partial charge in [0.1, 0.15) is 5.69 Å². The fourth-order valence-corrected chi connectivity index (χ4v) is 3.45. The van der Waals surface area contributed by atoms with E-state index in [1.165, 1.54) is 37.0 Å². The molecule has 0 saturated heterocycles. The fourth-order valence-electron chi connectivity index (χ4n) is 2.68. The van der Waals surface area contributed by atoms with Crippen LogP contribution in [0.3, 0.4) is 0 Å². The van der Waals surface area contributed by atoms with E-state index in [9.17, 15) is 9.90 Å². The number of nitrogens with zero attached hydrogens (tertiary/aromatic N) is 3. The molecule has 1 aliphatic rings. The third-order valence-corrected chi connectivity index (χ3v) is 4.47. The molecule has 2 heterocycles. The molecule has 1 fully saturated rings. The predicted molar refractivity (Wildman–Crippen MR) is 72.3 cm³/mol. The first kappa shape index (κ1) is 12.3. The van der Waals surface area contributed by atoms with E-state index in [0.29, 0.717) is 11.6 Å². The highest BCUT2D eigenvalue weighted by Crippen LogP contribution is 2.31. The van der Waals surface area contributed by atoms with E-state index in [-0.39, 0.29) is 5.69 Å². The van der Waals surface area contributed by atoms with E-state index in [1.54, 1.807) is 4.68 Å². The number of aromatic nitrogens is 3. The highest BCUT2D eigenvalue weighted by Gasteiger charge is 2.24. The SMILES string of the molecule is O=C(O)c1nnn(CC2CCCC2)c1-c1cccs1. The van der Waals surface area contributed by atoms with Gasteiger partial charge in [-0.3, -0.25) is 0 Å². The molecule has 2 aromatic heterocycles. The Balaban J connectivity index is 1.97. The summed E-state index contributed by atoms with van der Waals surface area (Å²) in [7, 11) is 0. The maximum Gasteiger partial charge on any atom is 0.358 e. The molecular formula is C13H15N3O2S. The Bertz CT molecular complexity index is 571. The first-order valence-electron chi connectivity index (χ1n) is 6.46. The second-order valence-corrected chi connectivity index (χ2v) is 5.85. The Kier molecular flexibility index (Phi) is 3.33. The number of aromatic carboxylic acids is 1. The van der Waals surface area contributed by atoms with Crippen LogP contribution < -0.4 is 0 Å². The predicted octanol–water partition coefficient (Wildman–Crippen LogP) is 2.90. The van der Waals surface area contributed by atoms with Gasteiger partial charge in [-0.15, -0.1) is 16.4 Å². The van der Waals surface area contributed by atoms with Gasteiger partial charge < -0.3 is 5.11 Å². The molecule has 2 aromatic rings. The standard InChI is InChI=1S/C13H15N3O2S/c17-13(18)11-12(10-6-3-7-19-10)16(15-14-11)8-9-4-1-2-5-9/h3,6-7,9H,1-2,4-5,8H2,(H,17,18). The largest absolute Gasteiger partial charge is 0.476 e. The minimum atomic E-state index is -1.01. The zero-order valence-corrected chi connectivity index (χ0v) is 11.3. The zero-order chi connectivity index (χ0) is 13.2. The van der Waals surface area contributed by atoms with E-state index >= 15 is 0 Å². The Morgan fingerprint density at radius 1 is 1.47 bits per heavy atom. The summed E-state index contributed by atoms with van der Waals surface area (Å²) in [4.78, 5) is 12.2. The van der Waals surface area contributed by atoms with Gasteiger partial charge in [-0.25, -0.2) is 9.48 Å². The second-order valence-electron chi connectivity index (χ2n) is 4.90. The molecule has 0 bridgehead atoms. The number of carboxylic acid groups (broad SMARTS) is 1. The van der Waals surface area contributed by atoms with Crippen LogP contribution in [-0.4, -0.2) is 26.1 Å².